The van der Waals surface area contributed by atoms with E-state index in [-0.39, 0.29) is 5.91 Å². The standard InChI is InChI=1S/C20H23N3O3S/c1-22(2)11-12-23(19(24)15-7-5-6-8-17(15)26-4)20-21-16-13-14(25-3)9-10-18(16)27-20/h5-10,13H,11-12H2,1-4H3. The summed E-state index contributed by atoms with van der Waals surface area (Å²) in [5.74, 6) is 1.18. The molecule has 3 aromatic rings. The molecule has 27 heavy (non-hydrogen) atoms. The maximum absolute atomic E-state index is 13.3. The molecular weight excluding hydrogens is 362 g/mol. The second kappa shape index (κ2) is 8.37. The third-order valence-corrected chi connectivity index (χ3v) is 5.23. The molecule has 0 spiro atoms. The Morgan fingerprint density at radius 1 is 1.07 bits per heavy atom. The molecule has 0 unspecified atom stereocenters. The number of hydrogen-bond donors (Lipinski definition) is 0. The molecule has 0 N–H and O–H groups in total. The molecule has 1 amide bonds. The van der Waals surface area contributed by atoms with Crippen molar-refractivity contribution in [2.75, 3.05) is 46.3 Å². The van der Waals surface area contributed by atoms with E-state index in [4.69, 9.17) is 9.47 Å². The lowest BCUT2D eigenvalue weighted by atomic mass is 10.1. The zero-order valence-corrected chi connectivity index (χ0v) is 16.7. The number of ether oxygens (including phenoxy) is 2. The SMILES string of the molecule is COc1ccc2sc(N(CCN(C)C)C(=O)c3ccccc3OC)nc2c1. The maximum atomic E-state index is 13.3. The van der Waals surface area contributed by atoms with Gasteiger partial charge in [0.1, 0.15) is 11.5 Å². The highest BCUT2D eigenvalue weighted by atomic mass is 32.1. The van der Waals surface area contributed by atoms with E-state index in [2.05, 4.69) is 4.98 Å². The van der Waals surface area contributed by atoms with Crippen LogP contribution in [0, 0.1) is 0 Å². The summed E-state index contributed by atoms with van der Waals surface area (Å²) < 4.78 is 11.7. The Hall–Kier alpha value is -2.64. The van der Waals surface area contributed by atoms with Crippen LogP contribution in [0.2, 0.25) is 0 Å². The minimum absolute atomic E-state index is 0.125. The van der Waals surface area contributed by atoms with Gasteiger partial charge in [-0.2, -0.15) is 0 Å². The van der Waals surface area contributed by atoms with Crippen molar-refractivity contribution in [1.29, 1.82) is 0 Å². The van der Waals surface area contributed by atoms with Crippen LogP contribution in [0.4, 0.5) is 5.13 Å². The molecule has 0 radical (unpaired) electrons. The molecule has 0 bridgehead atoms. The van der Waals surface area contributed by atoms with Crippen LogP contribution in [-0.4, -0.2) is 57.2 Å². The van der Waals surface area contributed by atoms with Gasteiger partial charge >= 0.3 is 0 Å². The number of methoxy groups -OCH3 is 2. The number of fused-ring (bicyclic) bond motifs is 1. The van der Waals surface area contributed by atoms with Gasteiger partial charge < -0.3 is 14.4 Å². The van der Waals surface area contributed by atoms with Crippen LogP contribution in [0.15, 0.2) is 42.5 Å². The van der Waals surface area contributed by atoms with Gasteiger partial charge in [-0.05, 0) is 38.4 Å². The van der Waals surface area contributed by atoms with E-state index < -0.39 is 0 Å². The molecule has 0 saturated carbocycles. The highest BCUT2D eigenvalue weighted by Gasteiger charge is 2.24. The molecule has 0 aliphatic rings. The zero-order valence-electron chi connectivity index (χ0n) is 15.9. The fourth-order valence-electron chi connectivity index (χ4n) is 2.69. The van der Waals surface area contributed by atoms with Crippen molar-refractivity contribution in [2.24, 2.45) is 0 Å². The van der Waals surface area contributed by atoms with E-state index >= 15 is 0 Å². The molecular formula is C20H23N3O3S. The molecule has 6 nitrogen and oxygen atoms in total. The van der Waals surface area contributed by atoms with Gasteiger partial charge in [0.15, 0.2) is 5.13 Å². The molecule has 142 valence electrons. The van der Waals surface area contributed by atoms with Crippen molar-refractivity contribution < 1.29 is 14.3 Å². The number of rotatable bonds is 7. The lowest BCUT2D eigenvalue weighted by molar-refractivity contribution is 0.0982. The van der Waals surface area contributed by atoms with Crippen LogP contribution in [0.5, 0.6) is 11.5 Å². The van der Waals surface area contributed by atoms with Crippen molar-refractivity contribution in [2.45, 2.75) is 0 Å². The van der Waals surface area contributed by atoms with Crippen molar-refractivity contribution in [3.05, 3.63) is 48.0 Å². The highest BCUT2D eigenvalue weighted by Crippen LogP contribution is 2.32. The summed E-state index contributed by atoms with van der Waals surface area (Å²) in [6.07, 6.45) is 0. The average molecular weight is 385 g/mol. The number of carbonyl (C=O) groups is 1. The summed E-state index contributed by atoms with van der Waals surface area (Å²) in [5, 5.41) is 0.663. The summed E-state index contributed by atoms with van der Waals surface area (Å²) in [7, 11) is 7.16. The van der Waals surface area contributed by atoms with Gasteiger partial charge in [0, 0.05) is 19.2 Å². The number of amides is 1. The smallest absolute Gasteiger partial charge is 0.263 e. The first-order chi connectivity index (χ1) is 13.0. The normalized spacial score (nSPS) is 11.0. The molecule has 7 heteroatoms. The molecule has 2 aromatic carbocycles. The fraction of sp³-hybridized carbons (Fsp3) is 0.300. The maximum Gasteiger partial charge on any atom is 0.263 e. The number of aromatic nitrogens is 1. The second-order valence-corrected chi connectivity index (χ2v) is 7.30. The largest absolute Gasteiger partial charge is 0.497 e. The third kappa shape index (κ3) is 4.20. The summed E-state index contributed by atoms with van der Waals surface area (Å²) in [4.78, 5) is 21.8. The van der Waals surface area contributed by atoms with Crippen LogP contribution in [0.25, 0.3) is 10.2 Å². The monoisotopic (exact) mass is 385 g/mol. The summed E-state index contributed by atoms with van der Waals surface area (Å²) in [6.45, 7) is 1.25. The van der Waals surface area contributed by atoms with Crippen molar-refractivity contribution in [3.8, 4) is 11.5 Å². The van der Waals surface area contributed by atoms with Crippen LogP contribution in [-0.2, 0) is 0 Å². The predicted octanol–water partition coefficient (Wildman–Crippen LogP) is 3.52. The minimum atomic E-state index is -0.125. The van der Waals surface area contributed by atoms with Crippen LogP contribution >= 0.6 is 11.3 Å². The minimum Gasteiger partial charge on any atom is -0.497 e. The van der Waals surface area contributed by atoms with Gasteiger partial charge in [-0.25, -0.2) is 4.98 Å². The molecule has 0 fully saturated rings. The quantitative estimate of drug-likeness (QED) is 0.623. The molecule has 1 heterocycles. The Labute approximate surface area is 162 Å². The number of carbonyl (C=O) groups excluding carboxylic acids is 1. The van der Waals surface area contributed by atoms with Gasteiger partial charge in [0.2, 0.25) is 0 Å². The van der Waals surface area contributed by atoms with Crippen molar-refractivity contribution in [1.82, 2.24) is 9.88 Å². The molecule has 3 rings (SSSR count). The Morgan fingerprint density at radius 3 is 2.56 bits per heavy atom. The Kier molecular flexibility index (Phi) is 5.93. The van der Waals surface area contributed by atoms with E-state index in [0.717, 1.165) is 22.5 Å². The molecule has 0 aliphatic carbocycles. The van der Waals surface area contributed by atoms with E-state index in [1.807, 2.05) is 49.3 Å². The Bertz CT molecular complexity index is 939. The van der Waals surface area contributed by atoms with E-state index in [1.54, 1.807) is 31.3 Å². The fourth-order valence-corrected chi connectivity index (χ4v) is 3.66. The third-order valence-electron chi connectivity index (χ3n) is 4.17. The molecule has 0 atom stereocenters. The number of likely N-dealkylation sites (N-methyl/N-ethyl adjacent to an activating group) is 1. The number of benzene rings is 2. The van der Waals surface area contributed by atoms with Gasteiger partial charge in [-0.1, -0.05) is 23.5 Å². The Balaban J connectivity index is 2.01. The van der Waals surface area contributed by atoms with E-state index in [0.29, 0.717) is 23.0 Å². The molecule has 1 aromatic heterocycles. The lowest BCUT2D eigenvalue weighted by Crippen LogP contribution is -2.36. The number of hydrogen-bond acceptors (Lipinski definition) is 6. The topological polar surface area (TPSA) is 54.9 Å². The summed E-state index contributed by atoms with van der Waals surface area (Å²) in [5.41, 5.74) is 1.34. The number of para-hydroxylation sites is 1. The first kappa shape index (κ1) is 19.1. The van der Waals surface area contributed by atoms with Crippen LogP contribution in [0.1, 0.15) is 10.4 Å². The van der Waals surface area contributed by atoms with Gasteiger partial charge in [-0.3, -0.25) is 9.69 Å². The van der Waals surface area contributed by atoms with Gasteiger partial charge in [-0.15, -0.1) is 0 Å². The number of thiazole rings is 1. The highest BCUT2D eigenvalue weighted by molar-refractivity contribution is 7.22. The van der Waals surface area contributed by atoms with Crippen LogP contribution < -0.4 is 14.4 Å². The van der Waals surface area contributed by atoms with Crippen molar-refractivity contribution >= 4 is 32.6 Å². The first-order valence-corrected chi connectivity index (χ1v) is 9.39. The second-order valence-electron chi connectivity index (χ2n) is 6.29. The lowest BCUT2D eigenvalue weighted by Gasteiger charge is -2.22. The van der Waals surface area contributed by atoms with Gasteiger partial charge in [0.05, 0.1) is 30.0 Å². The number of nitrogens with zero attached hydrogens (tertiary/aromatic N) is 3. The number of anilines is 1. The summed E-state index contributed by atoms with van der Waals surface area (Å²) >= 11 is 1.49. The van der Waals surface area contributed by atoms with Crippen molar-refractivity contribution in [3.63, 3.8) is 0 Å². The predicted molar refractivity (Wildman–Crippen MR) is 109 cm³/mol. The van der Waals surface area contributed by atoms with Crippen LogP contribution in [0.3, 0.4) is 0 Å². The average Bonchev–Trinajstić information content (AvgIpc) is 3.10. The van der Waals surface area contributed by atoms with E-state index in [9.17, 15) is 4.79 Å². The zero-order chi connectivity index (χ0) is 19.4. The van der Waals surface area contributed by atoms with Gasteiger partial charge in [0.25, 0.3) is 5.91 Å². The van der Waals surface area contributed by atoms with E-state index in [1.165, 1.54) is 11.3 Å². The first-order valence-electron chi connectivity index (χ1n) is 8.57. The molecule has 0 aliphatic heterocycles. The summed E-state index contributed by atoms with van der Waals surface area (Å²) in [6, 6.07) is 13.0. The molecule has 0 saturated heterocycles. The Morgan fingerprint density at radius 2 is 1.85 bits per heavy atom.